The van der Waals surface area contributed by atoms with Gasteiger partial charge in [0, 0.05) is 5.69 Å². The third kappa shape index (κ3) is 4.61. The lowest BCUT2D eigenvalue weighted by Gasteiger charge is -2.25. The van der Waals surface area contributed by atoms with Crippen LogP contribution in [-0.4, -0.2) is 18.6 Å². The fraction of sp³-hybridized carbons (Fsp3) is 0.462. The number of carbonyl (C=O) groups is 1. The third-order valence-electron chi connectivity index (χ3n) is 2.63. The summed E-state index contributed by atoms with van der Waals surface area (Å²) in [6.07, 6.45) is 0. The summed E-state index contributed by atoms with van der Waals surface area (Å²) in [6, 6.07) is 3.29. The second-order valence-corrected chi connectivity index (χ2v) is 5.76. The van der Waals surface area contributed by atoms with Crippen molar-refractivity contribution in [2.75, 3.05) is 5.32 Å². The predicted octanol–water partition coefficient (Wildman–Crippen LogP) is 3.25. The molecule has 0 aliphatic heterocycles. The van der Waals surface area contributed by atoms with Crippen LogP contribution in [0.3, 0.4) is 0 Å². The number of nitrogens with two attached hydrogens (primary N) is 1. The minimum absolute atomic E-state index is 0.0209. The Balaban J connectivity index is 2.80. The molecule has 0 aromatic heterocycles. The highest BCUT2D eigenvalue weighted by atomic mass is 35.5. The molecular formula is C13H17ClF2N2O2. The molecule has 1 rings (SSSR count). The number of alkyl halides is 2. The molecular weight excluding hydrogens is 290 g/mol. The molecule has 0 spiro atoms. The molecule has 0 bridgehead atoms. The monoisotopic (exact) mass is 306 g/mol. The molecule has 1 aromatic rings. The van der Waals surface area contributed by atoms with Gasteiger partial charge in [-0.3, -0.25) is 4.79 Å². The molecule has 0 heterocycles. The maximum absolute atomic E-state index is 12.1. The normalized spacial score (nSPS) is 13.2. The van der Waals surface area contributed by atoms with Gasteiger partial charge in [0.15, 0.2) is 0 Å². The van der Waals surface area contributed by atoms with Gasteiger partial charge in [0.2, 0.25) is 5.91 Å². The first-order valence-electron chi connectivity index (χ1n) is 5.92. The van der Waals surface area contributed by atoms with Gasteiger partial charge in [-0.1, -0.05) is 32.4 Å². The molecule has 3 N–H and O–H groups in total. The highest BCUT2D eigenvalue weighted by Gasteiger charge is 2.27. The van der Waals surface area contributed by atoms with E-state index in [0.29, 0.717) is 5.69 Å². The Labute approximate surface area is 121 Å². The van der Waals surface area contributed by atoms with Crippen molar-refractivity contribution < 1.29 is 18.3 Å². The van der Waals surface area contributed by atoms with E-state index in [4.69, 9.17) is 17.3 Å². The minimum Gasteiger partial charge on any atom is -0.433 e. The molecule has 0 saturated carbocycles. The van der Waals surface area contributed by atoms with Crippen LogP contribution in [0.15, 0.2) is 18.2 Å². The van der Waals surface area contributed by atoms with E-state index in [-0.39, 0.29) is 16.7 Å². The largest absolute Gasteiger partial charge is 0.433 e. The highest BCUT2D eigenvalue weighted by molar-refractivity contribution is 6.32. The fourth-order valence-corrected chi connectivity index (χ4v) is 1.61. The molecule has 7 heteroatoms. The van der Waals surface area contributed by atoms with Gasteiger partial charge < -0.3 is 15.8 Å². The van der Waals surface area contributed by atoms with Crippen molar-refractivity contribution in [3.63, 3.8) is 0 Å². The molecule has 0 saturated heterocycles. The Hall–Kier alpha value is -1.40. The average Bonchev–Trinajstić information content (AvgIpc) is 2.30. The van der Waals surface area contributed by atoms with Crippen LogP contribution in [0.1, 0.15) is 20.8 Å². The Kier molecular flexibility index (Phi) is 5.30. The van der Waals surface area contributed by atoms with Crippen molar-refractivity contribution >= 4 is 23.2 Å². The van der Waals surface area contributed by atoms with E-state index in [1.54, 1.807) is 0 Å². The number of ether oxygens (including phenoxy) is 1. The molecule has 0 unspecified atom stereocenters. The van der Waals surface area contributed by atoms with Gasteiger partial charge in [-0.25, -0.2) is 0 Å². The maximum atomic E-state index is 12.1. The molecule has 0 radical (unpaired) electrons. The van der Waals surface area contributed by atoms with E-state index in [1.165, 1.54) is 18.2 Å². The number of benzene rings is 1. The Morgan fingerprint density at radius 2 is 2.00 bits per heavy atom. The zero-order valence-electron chi connectivity index (χ0n) is 11.4. The second kappa shape index (κ2) is 6.37. The summed E-state index contributed by atoms with van der Waals surface area (Å²) in [6.45, 7) is 2.56. The van der Waals surface area contributed by atoms with E-state index in [9.17, 15) is 13.6 Å². The van der Waals surface area contributed by atoms with Crippen molar-refractivity contribution in [3.05, 3.63) is 23.2 Å². The maximum Gasteiger partial charge on any atom is 0.387 e. The summed E-state index contributed by atoms with van der Waals surface area (Å²) in [5.74, 6) is -0.532. The quantitative estimate of drug-likeness (QED) is 0.897. The van der Waals surface area contributed by atoms with Gasteiger partial charge >= 0.3 is 6.61 Å². The van der Waals surface area contributed by atoms with Crippen molar-refractivity contribution in [2.45, 2.75) is 33.4 Å². The van der Waals surface area contributed by atoms with E-state index in [0.717, 1.165) is 0 Å². The van der Waals surface area contributed by atoms with Crippen LogP contribution in [0.25, 0.3) is 0 Å². The number of carbonyl (C=O) groups excluding carboxylic acids is 1. The first-order chi connectivity index (χ1) is 9.11. The van der Waals surface area contributed by atoms with Crippen LogP contribution in [0.5, 0.6) is 5.75 Å². The molecule has 4 nitrogen and oxygen atoms in total. The predicted molar refractivity (Wildman–Crippen MR) is 74.1 cm³/mol. The van der Waals surface area contributed by atoms with Gasteiger partial charge in [0.1, 0.15) is 5.75 Å². The van der Waals surface area contributed by atoms with Gasteiger partial charge in [-0.15, -0.1) is 0 Å². The molecule has 0 fully saturated rings. The van der Waals surface area contributed by atoms with E-state index < -0.39 is 18.1 Å². The number of hydrogen-bond donors (Lipinski definition) is 2. The zero-order chi connectivity index (χ0) is 15.5. The summed E-state index contributed by atoms with van der Waals surface area (Å²) >= 11 is 5.79. The third-order valence-corrected chi connectivity index (χ3v) is 2.93. The molecule has 0 aliphatic carbocycles. The number of nitrogens with one attached hydrogen (secondary N) is 1. The molecule has 1 aromatic carbocycles. The van der Waals surface area contributed by atoms with Gasteiger partial charge in [-0.2, -0.15) is 8.78 Å². The lowest BCUT2D eigenvalue weighted by molar-refractivity contribution is -0.119. The van der Waals surface area contributed by atoms with E-state index in [1.807, 2.05) is 20.8 Å². The Morgan fingerprint density at radius 1 is 1.40 bits per heavy atom. The van der Waals surface area contributed by atoms with Crippen LogP contribution in [-0.2, 0) is 4.79 Å². The number of rotatable bonds is 4. The fourth-order valence-electron chi connectivity index (χ4n) is 1.38. The summed E-state index contributed by atoms with van der Waals surface area (Å²) < 4.78 is 28.4. The van der Waals surface area contributed by atoms with Crippen molar-refractivity contribution in [1.82, 2.24) is 0 Å². The van der Waals surface area contributed by atoms with E-state index in [2.05, 4.69) is 10.1 Å². The van der Waals surface area contributed by atoms with Crippen molar-refractivity contribution in [2.24, 2.45) is 11.1 Å². The zero-order valence-corrected chi connectivity index (χ0v) is 12.2. The Morgan fingerprint density at radius 3 is 2.45 bits per heavy atom. The summed E-state index contributed by atoms with van der Waals surface area (Å²) in [7, 11) is 0. The number of amides is 1. The van der Waals surface area contributed by atoms with Crippen LogP contribution in [0, 0.1) is 5.41 Å². The van der Waals surface area contributed by atoms with Gasteiger partial charge in [0.25, 0.3) is 0 Å². The second-order valence-electron chi connectivity index (χ2n) is 5.36. The lowest BCUT2D eigenvalue weighted by atomic mass is 9.87. The summed E-state index contributed by atoms with van der Waals surface area (Å²) in [4.78, 5) is 11.9. The molecule has 112 valence electrons. The first kappa shape index (κ1) is 16.7. The van der Waals surface area contributed by atoms with Gasteiger partial charge in [-0.05, 0) is 23.6 Å². The van der Waals surface area contributed by atoms with Crippen molar-refractivity contribution in [1.29, 1.82) is 0 Å². The number of anilines is 1. The summed E-state index contributed by atoms with van der Waals surface area (Å²) in [5.41, 5.74) is 5.77. The van der Waals surface area contributed by atoms with Crippen LogP contribution < -0.4 is 15.8 Å². The lowest BCUT2D eigenvalue weighted by Crippen LogP contribution is -2.45. The molecule has 1 atom stereocenters. The standard InChI is InChI=1S/C13H17ClF2N2O2/c1-13(2,3)10(17)11(19)18-7-4-5-9(8(14)6-7)20-12(15)16/h4-6,10,12H,17H2,1-3H3,(H,18,19)/t10-/m1/s1. The SMILES string of the molecule is CC(C)(C)[C@H](N)C(=O)Nc1ccc(OC(F)F)c(Cl)c1. The molecule has 20 heavy (non-hydrogen) atoms. The topological polar surface area (TPSA) is 64.4 Å². The van der Waals surface area contributed by atoms with Crippen LogP contribution in [0.4, 0.5) is 14.5 Å². The minimum atomic E-state index is -2.96. The number of hydrogen-bond acceptors (Lipinski definition) is 3. The smallest absolute Gasteiger partial charge is 0.387 e. The highest BCUT2D eigenvalue weighted by Crippen LogP contribution is 2.29. The number of halogens is 3. The summed E-state index contributed by atoms with van der Waals surface area (Å²) in [5, 5.41) is 2.56. The van der Waals surface area contributed by atoms with Crippen LogP contribution in [0.2, 0.25) is 5.02 Å². The Bertz CT molecular complexity index is 490. The van der Waals surface area contributed by atoms with Crippen LogP contribution >= 0.6 is 11.6 Å². The average molecular weight is 307 g/mol. The molecule has 0 aliphatic rings. The molecule has 1 amide bonds. The van der Waals surface area contributed by atoms with E-state index >= 15 is 0 Å². The first-order valence-corrected chi connectivity index (χ1v) is 6.30. The van der Waals surface area contributed by atoms with Gasteiger partial charge in [0.05, 0.1) is 11.1 Å². The van der Waals surface area contributed by atoms with Crippen molar-refractivity contribution in [3.8, 4) is 5.75 Å².